The Labute approximate surface area is 185 Å². The van der Waals surface area contributed by atoms with Crippen molar-refractivity contribution in [3.63, 3.8) is 0 Å². The summed E-state index contributed by atoms with van der Waals surface area (Å²) in [4.78, 5) is 2.26. The maximum absolute atomic E-state index is 12.8. The number of nitrogens with one attached hydrogen (secondary N) is 1. The molecule has 0 aliphatic heterocycles. The van der Waals surface area contributed by atoms with Gasteiger partial charge in [-0.3, -0.25) is 0 Å². The van der Waals surface area contributed by atoms with Crippen molar-refractivity contribution < 1.29 is 22.6 Å². The van der Waals surface area contributed by atoms with E-state index >= 15 is 0 Å². The number of benzene rings is 2. The van der Waals surface area contributed by atoms with Gasteiger partial charge in [-0.05, 0) is 31.5 Å². The fraction of sp³-hybridized carbons (Fsp3) is 0.545. The first-order valence-electron chi connectivity index (χ1n) is 10.6. The predicted molar refractivity (Wildman–Crippen MR) is 124 cm³/mol. The fourth-order valence-corrected chi connectivity index (χ4v) is 4.37. The van der Waals surface area contributed by atoms with Gasteiger partial charge in [0.1, 0.15) is 0 Å². The van der Waals surface area contributed by atoms with Gasteiger partial charge in [-0.1, -0.05) is 24.3 Å². The number of hydrogen-bond acceptors (Lipinski definition) is 7. The molecule has 2 aromatic carbocycles. The SMILES string of the molecule is CN(C)c1cccc2c(S(=O)(=O)NCCCOCCOCCOCCCN)cccc12. The van der Waals surface area contributed by atoms with E-state index in [1.165, 1.54) is 0 Å². The number of hydrogen-bond donors (Lipinski definition) is 2. The van der Waals surface area contributed by atoms with Gasteiger partial charge in [-0.2, -0.15) is 0 Å². The highest BCUT2D eigenvalue weighted by Crippen LogP contribution is 2.29. The van der Waals surface area contributed by atoms with Crippen molar-refractivity contribution in [3.05, 3.63) is 36.4 Å². The molecular weight excluding hydrogens is 418 g/mol. The highest BCUT2D eigenvalue weighted by atomic mass is 32.2. The van der Waals surface area contributed by atoms with Gasteiger partial charge in [-0.15, -0.1) is 0 Å². The van der Waals surface area contributed by atoms with Crippen molar-refractivity contribution in [3.8, 4) is 0 Å². The Morgan fingerprint density at radius 2 is 1.42 bits per heavy atom. The summed E-state index contributed by atoms with van der Waals surface area (Å²) in [6, 6.07) is 11.0. The van der Waals surface area contributed by atoms with Gasteiger partial charge in [0, 0.05) is 50.3 Å². The van der Waals surface area contributed by atoms with Crippen molar-refractivity contribution in [2.75, 3.05) is 71.7 Å². The van der Waals surface area contributed by atoms with Gasteiger partial charge in [-0.25, -0.2) is 13.1 Å². The first-order valence-corrected chi connectivity index (χ1v) is 12.1. The molecule has 174 valence electrons. The van der Waals surface area contributed by atoms with Crippen molar-refractivity contribution in [2.45, 2.75) is 17.7 Å². The molecule has 0 aliphatic rings. The van der Waals surface area contributed by atoms with E-state index in [2.05, 4.69) is 4.72 Å². The van der Waals surface area contributed by atoms with E-state index in [4.69, 9.17) is 19.9 Å². The lowest BCUT2D eigenvalue weighted by atomic mass is 10.1. The molecule has 0 aliphatic carbocycles. The Morgan fingerprint density at radius 1 is 0.839 bits per heavy atom. The van der Waals surface area contributed by atoms with E-state index in [9.17, 15) is 8.42 Å². The number of ether oxygens (including phenoxy) is 3. The second kappa shape index (κ2) is 13.6. The quantitative estimate of drug-likeness (QED) is 0.375. The molecule has 9 heteroatoms. The van der Waals surface area contributed by atoms with E-state index in [1.807, 2.05) is 43.3 Å². The van der Waals surface area contributed by atoms with Crippen LogP contribution in [0.25, 0.3) is 10.8 Å². The minimum atomic E-state index is -3.61. The van der Waals surface area contributed by atoms with E-state index in [-0.39, 0.29) is 4.90 Å². The summed E-state index contributed by atoms with van der Waals surface area (Å²) in [5, 5.41) is 1.62. The van der Waals surface area contributed by atoms with Gasteiger partial charge in [0.15, 0.2) is 0 Å². The number of nitrogens with zero attached hydrogens (tertiary/aromatic N) is 1. The maximum Gasteiger partial charge on any atom is 0.241 e. The minimum absolute atomic E-state index is 0.289. The standard InChI is InChI=1S/C22H35N3O5S/c1-25(2)21-9-3-8-20-19(21)7-4-10-22(20)31(26,27)24-12-6-14-29-16-18-30-17-15-28-13-5-11-23/h3-4,7-10,24H,5-6,11-18,23H2,1-2H3. The second-order valence-electron chi connectivity index (χ2n) is 7.25. The largest absolute Gasteiger partial charge is 0.379 e. The minimum Gasteiger partial charge on any atom is -0.379 e. The van der Waals surface area contributed by atoms with E-state index in [0.717, 1.165) is 17.5 Å². The van der Waals surface area contributed by atoms with Gasteiger partial charge in [0.2, 0.25) is 10.0 Å². The molecule has 0 saturated heterocycles. The van der Waals surface area contributed by atoms with Crippen LogP contribution < -0.4 is 15.4 Å². The monoisotopic (exact) mass is 453 g/mol. The first kappa shape index (κ1) is 25.5. The smallest absolute Gasteiger partial charge is 0.241 e. The van der Waals surface area contributed by atoms with Crippen molar-refractivity contribution in [1.82, 2.24) is 4.72 Å². The van der Waals surface area contributed by atoms with Crippen molar-refractivity contribution >= 4 is 26.5 Å². The van der Waals surface area contributed by atoms with Gasteiger partial charge >= 0.3 is 0 Å². The van der Waals surface area contributed by atoms with Crippen LogP contribution in [0, 0.1) is 0 Å². The number of rotatable bonds is 16. The average molecular weight is 454 g/mol. The molecule has 31 heavy (non-hydrogen) atoms. The highest BCUT2D eigenvalue weighted by Gasteiger charge is 2.17. The van der Waals surface area contributed by atoms with Crippen LogP contribution in [0.2, 0.25) is 0 Å². The van der Waals surface area contributed by atoms with E-state index in [0.29, 0.717) is 64.5 Å². The topological polar surface area (TPSA) is 103 Å². The van der Waals surface area contributed by atoms with Crippen LogP contribution in [0.15, 0.2) is 41.3 Å². The summed E-state index contributed by atoms with van der Waals surface area (Å²) >= 11 is 0. The normalized spacial score (nSPS) is 11.8. The summed E-state index contributed by atoms with van der Waals surface area (Å²) in [5.41, 5.74) is 6.36. The van der Waals surface area contributed by atoms with Crippen molar-refractivity contribution in [1.29, 1.82) is 0 Å². The van der Waals surface area contributed by atoms with Crippen LogP contribution in [0.5, 0.6) is 0 Å². The Bertz CT molecular complexity index is 890. The number of anilines is 1. The molecule has 0 saturated carbocycles. The van der Waals surface area contributed by atoms with Crippen LogP contribution in [0.3, 0.4) is 0 Å². The zero-order valence-corrected chi connectivity index (χ0v) is 19.3. The summed E-state index contributed by atoms with van der Waals surface area (Å²) in [6.07, 6.45) is 1.43. The van der Waals surface area contributed by atoms with Gasteiger partial charge in [0.05, 0.1) is 31.3 Å². The third kappa shape index (κ3) is 8.36. The van der Waals surface area contributed by atoms with E-state index < -0.39 is 10.0 Å². The molecule has 0 bridgehead atoms. The molecule has 0 aromatic heterocycles. The summed E-state index contributed by atoms with van der Waals surface area (Å²) < 4.78 is 44.5. The van der Waals surface area contributed by atoms with Crippen LogP contribution >= 0.6 is 0 Å². The molecule has 0 atom stereocenters. The Kier molecular flexibility index (Phi) is 11.2. The second-order valence-corrected chi connectivity index (χ2v) is 8.99. The summed E-state index contributed by atoms with van der Waals surface area (Å²) in [7, 11) is 0.268. The molecule has 8 nitrogen and oxygen atoms in total. The number of nitrogens with two attached hydrogens (primary N) is 1. The molecule has 0 radical (unpaired) electrons. The molecule has 0 spiro atoms. The third-order valence-electron chi connectivity index (χ3n) is 4.62. The maximum atomic E-state index is 12.8. The molecule has 0 amide bonds. The molecule has 0 fully saturated rings. The summed E-state index contributed by atoms with van der Waals surface area (Å²) in [5.74, 6) is 0. The molecular formula is C22H35N3O5S. The summed E-state index contributed by atoms with van der Waals surface area (Å²) in [6.45, 7) is 4.07. The molecule has 0 heterocycles. The van der Waals surface area contributed by atoms with Crippen LogP contribution in [-0.2, 0) is 24.2 Å². The van der Waals surface area contributed by atoms with Crippen molar-refractivity contribution in [2.24, 2.45) is 5.73 Å². The van der Waals surface area contributed by atoms with Gasteiger partial charge in [0.25, 0.3) is 0 Å². The Balaban J connectivity index is 1.71. The lowest BCUT2D eigenvalue weighted by Crippen LogP contribution is -2.26. The molecule has 2 aromatic rings. The Hall–Kier alpha value is -1.75. The zero-order valence-electron chi connectivity index (χ0n) is 18.5. The Morgan fingerprint density at radius 3 is 2.06 bits per heavy atom. The van der Waals surface area contributed by atoms with E-state index in [1.54, 1.807) is 12.1 Å². The average Bonchev–Trinajstić information content (AvgIpc) is 2.76. The molecule has 0 unspecified atom stereocenters. The van der Waals surface area contributed by atoms with Crippen LogP contribution in [-0.4, -0.2) is 75.2 Å². The first-order chi connectivity index (χ1) is 15.0. The lowest BCUT2D eigenvalue weighted by molar-refractivity contribution is 0.0142. The van der Waals surface area contributed by atoms with Gasteiger partial charge < -0.3 is 24.8 Å². The van der Waals surface area contributed by atoms with Crippen LogP contribution in [0.1, 0.15) is 12.8 Å². The predicted octanol–water partition coefficient (Wildman–Crippen LogP) is 1.97. The fourth-order valence-electron chi connectivity index (χ4n) is 3.07. The third-order valence-corrected chi connectivity index (χ3v) is 6.14. The number of sulfonamides is 1. The molecule has 2 rings (SSSR count). The zero-order chi connectivity index (χ0) is 22.5. The highest BCUT2D eigenvalue weighted by molar-refractivity contribution is 7.89. The number of fused-ring (bicyclic) bond motifs is 1. The lowest BCUT2D eigenvalue weighted by Gasteiger charge is -2.17. The molecule has 3 N–H and O–H groups in total. The van der Waals surface area contributed by atoms with Crippen LogP contribution in [0.4, 0.5) is 5.69 Å².